The molecular weight excluding hydrogens is 287 g/mol. The SMILES string of the molecule is O=C(O)C1(Cn2nnnc2-c2ccc(F)cc2Cl)CC1. The maximum atomic E-state index is 13.1. The van der Waals surface area contributed by atoms with E-state index >= 15 is 0 Å². The van der Waals surface area contributed by atoms with Crippen LogP contribution in [0.25, 0.3) is 11.4 Å². The molecule has 6 nitrogen and oxygen atoms in total. The highest BCUT2D eigenvalue weighted by Gasteiger charge is 2.51. The molecule has 0 atom stereocenters. The van der Waals surface area contributed by atoms with Crippen LogP contribution in [0.4, 0.5) is 4.39 Å². The van der Waals surface area contributed by atoms with E-state index in [9.17, 15) is 14.3 Å². The van der Waals surface area contributed by atoms with Gasteiger partial charge in [-0.2, -0.15) is 0 Å². The highest BCUT2D eigenvalue weighted by molar-refractivity contribution is 6.33. The van der Waals surface area contributed by atoms with Crippen molar-refractivity contribution in [2.75, 3.05) is 0 Å². The van der Waals surface area contributed by atoms with Crippen molar-refractivity contribution < 1.29 is 14.3 Å². The Balaban J connectivity index is 1.96. The molecule has 1 saturated carbocycles. The minimum Gasteiger partial charge on any atom is -0.481 e. The average Bonchev–Trinajstić information content (AvgIpc) is 3.03. The first-order valence-electron chi connectivity index (χ1n) is 5.97. The van der Waals surface area contributed by atoms with E-state index in [2.05, 4.69) is 15.5 Å². The number of rotatable bonds is 4. The third-order valence-electron chi connectivity index (χ3n) is 3.46. The molecule has 3 rings (SSSR count). The van der Waals surface area contributed by atoms with Gasteiger partial charge in [0.15, 0.2) is 5.82 Å². The van der Waals surface area contributed by atoms with Gasteiger partial charge in [-0.1, -0.05) is 11.6 Å². The van der Waals surface area contributed by atoms with Crippen LogP contribution in [0.15, 0.2) is 18.2 Å². The molecule has 0 unspecified atom stereocenters. The molecule has 0 amide bonds. The lowest BCUT2D eigenvalue weighted by molar-refractivity contribution is -0.144. The number of aromatic nitrogens is 4. The van der Waals surface area contributed by atoms with Crippen LogP contribution >= 0.6 is 11.6 Å². The zero-order chi connectivity index (χ0) is 14.3. The predicted molar refractivity (Wildman–Crippen MR) is 67.5 cm³/mol. The second kappa shape index (κ2) is 4.52. The largest absolute Gasteiger partial charge is 0.481 e. The highest BCUT2D eigenvalue weighted by atomic mass is 35.5. The lowest BCUT2D eigenvalue weighted by atomic mass is 10.1. The Bertz CT molecular complexity index is 684. The number of benzene rings is 1. The standard InChI is InChI=1S/C12H10ClFN4O2/c13-9-5-7(14)1-2-8(9)10-15-16-17-18(10)6-12(3-4-12)11(19)20/h1-2,5H,3-4,6H2,(H,19,20). The zero-order valence-corrected chi connectivity index (χ0v) is 11.0. The molecule has 1 heterocycles. The summed E-state index contributed by atoms with van der Waals surface area (Å²) in [5.41, 5.74) is -0.323. The second-order valence-electron chi connectivity index (χ2n) is 4.87. The number of carbonyl (C=O) groups is 1. The fourth-order valence-corrected chi connectivity index (χ4v) is 2.30. The van der Waals surface area contributed by atoms with Gasteiger partial charge in [-0.05, 0) is 41.5 Å². The fourth-order valence-electron chi connectivity index (χ4n) is 2.05. The monoisotopic (exact) mass is 296 g/mol. The van der Waals surface area contributed by atoms with Crippen LogP contribution in [-0.4, -0.2) is 31.3 Å². The van der Waals surface area contributed by atoms with Gasteiger partial charge in [0, 0.05) is 5.56 Å². The van der Waals surface area contributed by atoms with Crippen molar-refractivity contribution in [1.29, 1.82) is 0 Å². The molecule has 2 aromatic rings. The summed E-state index contributed by atoms with van der Waals surface area (Å²) in [4.78, 5) is 11.2. The van der Waals surface area contributed by atoms with Crippen molar-refractivity contribution in [3.63, 3.8) is 0 Å². The Morgan fingerprint density at radius 1 is 1.50 bits per heavy atom. The van der Waals surface area contributed by atoms with Crippen LogP contribution in [0.5, 0.6) is 0 Å². The van der Waals surface area contributed by atoms with Crippen LogP contribution in [0, 0.1) is 11.2 Å². The van der Waals surface area contributed by atoms with E-state index in [-0.39, 0.29) is 11.6 Å². The first-order valence-corrected chi connectivity index (χ1v) is 6.35. The van der Waals surface area contributed by atoms with Crippen LogP contribution in [0.3, 0.4) is 0 Å². The molecule has 0 radical (unpaired) electrons. The molecule has 1 N–H and O–H groups in total. The van der Waals surface area contributed by atoms with Gasteiger partial charge < -0.3 is 5.11 Å². The summed E-state index contributed by atoms with van der Waals surface area (Å²) in [5.74, 6) is -0.978. The molecule has 8 heteroatoms. The van der Waals surface area contributed by atoms with Crippen molar-refractivity contribution in [3.8, 4) is 11.4 Å². The van der Waals surface area contributed by atoms with E-state index in [1.54, 1.807) is 0 Å². The summed E-state index contributed by atoms with van der Waals surface area (Å²) in [6, 6.07) is 3.89. The number of hydrogen-bond donors (Lipinski definition) is 1. The highest BCUT2D eigenvalue weighted by Crippen LogP contribution is 2.47. The lowest BCUT2D eigenvalue weighted by Crippen LogP contribution is -2.22. The Morgan fingerprint density at radius 3 is 2.85 bits per heavy atom. The number of halogens is 2. The summed E-state index contributed by atoms with van der Waals surface area (Å²) < 4.78 is 14.5. The summed E-state index contributed by atoms with van der Waals surface area (Å²) in [6.07, 6.45) is 1.19. The Labute approximate surface area is 118 Å². The van der Waals surface area contributed by atoms with Crippen molar-refractivity contribution in [2.24, 2.45) is 5.41 Å². The molecule has 104 valence electrons. The van der Waals surface area contributed by atoms with E-state index < -0.39 is 17.2 Å². The van der Waals surface area contributed by atoms with Crippen molar-refractivity contribution in [2.45, 2.75) is 19.4 Å². The first-order chi connectivity index (χ1) is 9.52. The quantitative estimate of drug-likeness (QED) is 0.933. The van der Waals surface area contributed by atoms with Gasteiger partial charge >= 0.3 is 5.97 Å². The Kier molecular flexibility index (Phi) is 2.93. The molecule has 0 saturated heterocycles. The number of aliphatic carboxylic acids is 1. The Morgan fingerprint density at radius 2 is 2.25 bits per heavy atom. The van der Waals surface area contributed by atoms with E-state index in [4.69, 9.17) is 11.6 Å². The lowest BCUT2D eigenvalue weighted by Gasteiger charge is -2.11. The van der Waals surface area contributed by atoms with Gasteiger partial charge in [0.2, 0.25) is 0 Å². The maximum absolute atomic E-state index is 13.1. The predicted octanol–water partition coefficient (Wildman–Crippen LogP) is 2.00. The average molecular weight is 297 g/mol. The number of tetrazole rings is 1. The third kappa shape index (κ3) is 2.14. The van der Waals surface area contributed by atoms with Crippen LogP contribution in [0.1, 0.15) is 12.8 Å². The minimum absolute atomic E-state index is 0.179. The molecule has 1 aromatic carbocycles. The minimum atomic E-state index is -0.857. The third-order valence-corrected chi connectivity index (χ3v) is 3.78. The van der Waals surface area contributed by atoms with E-state index in [1.807, 2.05) is 0 Å². The Hall–Kier alpha value is -2.02. The molecule has 1 aromatic heterocycles. The van der Waals surface area contributed by atoms with Crippen molar-refractivity contribution in [3.05, 3.63) is 29.0 Å². The van der Waals surface area contributed by atoms with Gasteiger partial charge in [0.05, 0.1) is 17.0 Å². The topological polar surface area (TPSA) is 80.9 Å². The van der Waals surface area contributed by atoms with Gasteiger partial charge in [0.1, 0.15) is 5.82 Å². The number of carboxylic acids is 1. The van der Waals surface area contributed by atoms with Gasteiger partial charge in [-0.3, -0.25) is 4.79 Å². The summed E-state index contributed by atoms with van der Waals surface area (Å²) >= 11 is 5.98. The maximum Gasteiger partial charge on any atom is 0.311 e. The smallest absolute Gasteiger partial charge is 0.311 e. The number of hydrogen-bond acceptors (Lipinski definition) is 4. The van der Waals surface area contributed by atoms with Crippen LogP contribution in [0.2, 0.25) is 5.02 Å². The molecule has 20 heavy (non-hydrogen) atoms. The molecule has 1 aliphatic rings. The first kappa shape index (κ1) is 13.0. The van der Waals surface area contributed by atoms with Crippen molar-refractivity contribution in [1.82, 2.24) is 20.2 Å². The van der Waals surface area contributed by atoms with Crippen molar-refractivity contribution >= 4 is 17.6 Å². The van der Waals surface area contributed by atoms with Gasteiger partial charge in [0.25, 0.3) is 0 Å². The zero-order valence-electron chi connectivity index (χ0n) is 10.3. The van der Waals surface area contributed by atoms with E-state index in [1.165, 1.54) is 22.9 Å². The normalized spacial score (nSPS) is 16.1. The van der Waals surface area contributed by atoms with Crippen LogP contribution < -0.4 is 0 Å². The summed E-state index contributed by atoms with van der Waals surface area (Å²) in [7, 11) is 0. The molecule has 1 fully saturated rings. The summed E-state index contributed by atoms with van der Waals surface area (Å²) in [6.45, 7) is 0.179. The van der Waals surface area contributed by atoms with Crippen LogP contribution in [-0.2, 0) is 11.3 Å². The van der Waals surface area contributed by atoms with E-state index in [0.717, 1.165) is 0 Å². The molecule has 0 aliphatic heterocycles. The van der Waals surface area contributed by atoms with E-state index in [0.29, 0.717) is 24.2 Å². The molecular formula is C12H10ClFN4O2. The number of nitrogens with zero attached hydrogens (tertiary/aromatic N) is 4. The molecule has 0 spiro atoms. The molecule has 1 aliphatic carbocycles. The van der Waals surface area contributed by atoms with Gasteiger partial charge in [-0.25, -0.2) is 9.07 Å². The fraction of sp³-hybridized carbons (Fsp3) is 0.333. The second-order valence-corrected chi connectivity index (χ2v) is 5.28. The number of carboxylic acid groups (broad SMARTS) is 1. The van der Waals surface area contributed by atoms with Gasteiger partial charge in [-0.15, -0.1) is 5.10 Å². The molecule has 0 bridgehead atoms. The summed E-state index contributed by atoms with van der Waals surface area (Å²) in [5, 5.41) is 20.6.